The molecule has 0 unspecified atom stereocenters. The molecule has 28 heavy (non-hydrogen) atoms. The summed E-state index contributed by atoms with van der Waals surface area (Å²) >= 11 is 0. The number of rotatable bonds is 5. The van der Waals surface area contributed by atoms with Crippen LogP contribution in [0, 0.1) is 0 Å². The van der Waals surface area contributed by atoms with Gasteiger partial charge in [0.1, 0.15) is 5.58 Å². The lowest BCUT2D eigenvalue weighted by Gasteiger charge is -2.04. The first-order valence-corrected chi connectivity index (χ1v) is 9.64. The van der Waals surface area contributed by atoms with Gasteiger partial charge in [-0.05, 0) is 54.7 Å². The fourth-order valence-electron chi connectivity index (χ4n) is 3.89. The summed E-state index contributed by atoms with van der Waals surface area (Å²) in [5.74, 6) is -0.0179. The summed E-state index contributed by atoms with van der Waals surface area (Å²) in [6.45, 7) is 0.455. The smallest absolute Gasteiger partial charge is 0.224 e. The number of nitrogens with zero attached hydrogens (tertiary/aromatic N) is 2. The lowest BCUT2D eigenvalue weighted by molar-refractivity contribution is -0.120. The minimum Gasteiger partial charge on any atom is -0.464 e. The molecular formula is C23H21N3O2. The van der Waals surface area contributed by atoms with E-state index in [-0.39, 0.29) is 5.91 Å². The summed E-state index contributed by atoms with van der Waals surface area (Å²) in [5, 5.41) is 8.41. The van der Waals surface area contributed by atoms with Crippen LogP contribution in [0.15, 0.2) is 65.5 Å². The molecule has 0 aliphatic heterocycles. The van der Waals surface area contributed by atoms with Crippen molar-refractivity contribution >= 4 is 16.9 Å². The largest absolute Gasteiger partial charge is 0.464 e. The van der Waals surface area contributed by atoms with Crippen molar-refractivity contribution in [2.75, 3.05) is 0 Å². The van der Waals surface area contributed by atoms with Crippen LogP contribution in [0.5, 0.6) is 0 Å². The van der Waals surface area contributed by atoms with Crippen molar-refractivity contribution < 1.29 is 9.21 Å². The van der Waals surface area contributed by atoms with Gasteiger partial charge in [-0.25, -0.2) is 4.68 Å². The van der Waals surface area contributed by atoms with Gasteiger partial charge in [0.15, 0.2) is 0 Å². The van der Waals surface area contributed by atoms with Crippen molar-refractivity contribution in [3.63, 3.8) is 0 Å². The molecule has 0 atom stereocenters. The summed E-state index contributed by atoms with van der Waals surface area (Å²) in [6, 6.07) is 14.3. The highest BCUT2D eigenvalue weighted by Gasteiger charge is 2.16. The first-order chi connectivity index (χ1) is 13.8. The van der Waals surface area contributed by atoms with Gasteiger partial charge in [0.2, 0.25) is 5.91 Å². The van der Waals surface area contributed by atoms with Gasteiger partial charge in [-0.15, -0.1) is 0 Å². The standard InChI is InChI=1S/C23H21N3O2/c27-23(24-12-16-13-25-26(14-16)20-7-2-1-3-8-20)11-19-15-28-22-10-18-6-4-5-17(18)9-21(19)22/h1-3,7-10,13-15H,4-6,11-12H2,(H,24,27). The maximum Gasteiger partial charge on any atom is 0.224 e. The van der Waals surface area contributed by atoms with Crippen molar-refractivity contribution in [2.24, 2.45) is 0 Å². The molecule has 4 aromatic rings. The van der Waals surface area contributed by atoms with Crippen molar-refractivity contribution in [3.8, 4) is 5.69 Å². The van der Waals surface area contributed by atoms with E-state index in [1.54, 1.807) is 12.5 Å². The molecule has 5 nitrogen and oxygen atoms in total. The van der Waals surface area contributed by atoms with Gasteiger partial charge in [0, 0.05) is 29.3 Å². The van der Waals surface area contributed by atoms with Crippen LogP contribution in [0.4, 0.5) is 0 Å². The highest BCUT2D eigenvalue weighted by molar-refractivity contribution is 5.88. The molecule has 0 saturated carbocycles. The SMILES string of the molecule is O=C(Cc1coc2cc3c(cc12)CCC3)NCc1cnn(-c2ccccc2)c1. The van der Waals surface area contributed by atoms with Crippen LogP contribution in [-0.2, 0) is 30.6 Å². The van der Waals surface area contributed by atoms with Crippen LogP contribution in [0.3, 0.4) is 0 Å². The molecule has 0 saturated heterocycles. The summed E-state index contributed by atoms with van der Waals surface area (Å²) in [4.78, 5) is 12.5. The molecule has 2 aromatic carbocycles. The monoisotopic (exact) mass is 371 g/mol. The maximum atomic E-state index is 12.5. The first kappa shape index (κ1) is 16.8. The molecule has 2 aromatic heterocycles. The molecule has 1 aliphatic rings. The van der Waals surface area contributed by atoms with E-state index in [0.29, 0.717) is 13.0 Å². The van der Waals surface area contributed by atoms with E-state index in [0.717, 1.165) is 40.6 Å². The molecule has 1 N–H and O–H groups in total. The number of hydrogen-bond donors (Lipinski definition) is 1. The Morgan fingerprint density at radius 3 is 2.82 bits per heavy atom. The molecule has 0 fully saturated rings. The Morgan fingerprint density at radius 2 is 1.96 bits per heavy atom. The first-order valence-electron chi connectivity index (χ1n) is 9.64. The second-order valence-electron chi connectivity index (χ2n) is 7.31. The van der Waals surface area contributed by atoms with Gasteiger partial charge < -0.3 is 9.73 Å². The van der Waals surface area contributed by atoms with Crippen LogP contribution in [0.1, 0.15) is 28.7 Å². The fourth-order valence-corrected chi connectivity index (χ4v) is 3.89. The van der Waals surface area contributed by atoms with E-state index in [4.69, 9.17) is 4.42 Å². The van der Waals surface area contributed by atoms with Crippen LogP contribution in [-0.4, -0.2) is 15.7 Å². The molecule has 0 radical (unpaired) electrons. The Kier molecular flexibility index (Phi) is 4.20. The second kappa shape index (κ2) is 7.00. The number of benzene rings is 2. The molecule has 1 aliphatic carbocycles. The van der Waals surface area contributed by atoms with E-state index in [1.807, 2.05) is 41.2 Å². The van der Waals surface area contributed by atoms with E-state index >= 15 is 0 Å². The molecule has 140 valence electrons. The van der Waals surface area contributed by atoms with E-state index in [1.165, 1.54) is 17.5 Å². The molecule has 2 heterocycles. The summed E-state index contributed by atoms with van der Waals surface area (Å²) in [7, 11) is 0. The van der Waals surface area contributed by atoms with E-state index in [9.17, 15) is 4.79 Å². The summed E-state index contributed by atoms with van der Waals surface area (Å²) < 4.78 is 7.51. The molecule has 0 bridgehead atoms. The van der Waals surface area contributed by atoms with Gasteiger partial charge in [-0.1, -0.05) is 18.2 Å². The highest BCUT2D eigenvalue weighted by atomic mass is 16.3. The highest BCUT2D eigenvalue weighted by Crippen LogP contribution is 2.30. The van der Waals surface area contributed by atoms with Gasteiger partial charge in [0.05, 0.1) is 24.6 Å². The number of nitrogens with one attached hydrogen (secondary N) is 1. The van der Waals surface area contributed by atoms with Gasteiger partial charge >= 0.3 is 0 Å². The Balaban J connectivity index is 1.25. The Bertz CT molecular complexity index is 1140. The van der Waals surface area contributed by atoms with Crippen LogP contribution in [0.2, 0.25) is 0 Å². The third kappa shape index (κ3) is 3.20. The van der Waals surface area contributed by atoms with Crippen molar-refractivity contribution in [3.05, 3.63) is 83.4 Å². The van der Waals surface area contributed by atoms with Gasteiger partial charge in [-0.2, -0.15) is 5.10 Å². The van der Waals surface area contributed by atoms with Gasteiger partial charge in [0.25, 0.3) is 0 Å². The normalized spacial score (nSPS) is 13.0. The van der Waals surface area contributed by atoms with E-state index in [2.05, 4.69) is 22.5 Å². The number of aromatic nitrogens is 2. The maximum absolute atomic E-state index is 12.5. The molecular weight excluding hydrogens is 350 g/mol. The molecule has 0 spiro atoms. The Labute approximate surface area is 163 Å². The number of furan rings is 1. The number of carbonyl (C=O) groups is 1. The average Bonchev–Trinajstić information content (AvgIpc) is 3.45. The quantitative estimate of drug-likeness (QED) is 0.577. The number of para-hydroxylation sites is 1. The van der Waals surface area contributed by atoms with Crippen molar-refractivity contribution in [2.45, 2.75) is 32.2 Å². The third-order valence-electron chi connectivity index (χ3n) is 5.37. The van der Waals surface area contributed by atoms with Gasteiger partial charge in [-0.3, -0.25) is 4.79 Å². The lowest BCUT2D eigenvalue weighted by atomic mass is 10.0. The number of fused-ring (bicyclic) bond motifs is 2. The topological polar surface area (TPSA) is 60.1 Å². The average molecular weight is 371 g/mol. The van der Waals surface area contributed by atoms with Crippen LogP contribution < -0.4 is 5.32 Å². The minimum atomic E-state index is -0.0179. The molecule has 5 heteroatoms. The Morgan fingerprint density at radius 1 is 1.14 bits per heavy atom. The number of carbonyl (C=O) groups excluding carboxylic acids is 1. The second-order valence-corrected chi connectivity index (χ2v) is 7.31. The zero-order chi connectivity index (χ0) is 18.9. The number of hydrogen-bond acceptors (Lipinski definition) is 3. The minimum absolute atomic E-state index is 0.0179. The Hall–Kier alpha value is -3.34. The molecule has 5 rings (SSSR count). The predicted molar refractivity (Wildman–Crippen MR) is 107 cm³/mol. The third-order valence-corrected chi connectivity index (χ3v) is 5.37. The summed E-state index contributed by atoms with van der Waals surface area (Å²) in [6.07, 6.45) is 9.20. The number of amides is 1. The molecule has 1 amide bonds. The predicted octanol–water partition coefficient (Wildman–Crippen LogP) is 3.97. The van der Waals surface area contributed by atoms with E-state index < -0.39 is 0 Å². The zero-order valence-corrected chi connectivity index (χ0v) is 15.5. The van der Waals surface area contributed by atoms with Crippen LogP contribution >= 0.6 is 0 Å². The lowest BCUT2D eigenvalue weighted by Crippen LogP contribution is -2.24. The number of aryl methyl sites for hydroxylation is 2. The zero-order valence-electron chi connectivity index (χ0n) is 15.5. The fraction of sp³-hybridized carbons (Fsp3) is 0.217. The van der Waals surface area contributed by atoms with Crippen molar-refractivity contribution in [1.29, 1.82) is 0 Å². The van der Waals surface area contributed by atoms with Crippen molar-refractivity contribution in [1.82, 2.24) is 15.1 Å². The summed E-state index contributed by atoms with van der Waals surface area (Å²) in [5.41, 5.74) is 6.57. The van der Waals surface area contributed by atoms with Crippen LogP contribution in [0.25, 0.3) is 16.7 Å².